The Kier molecular flexibility index (Phi) is 4.96. The molecule has 1 aliphatic rings. The summed E-state index contributed by atoms with van der Waals surface area (Å²) in [7, 11) is 0. The minimum absolute atomic E-state index is 0.106. The Balaban J connectivity index is 1.66. The predicted molar refractivity (Wildman–Crippen MR) is 89.7 cm³/mol. The average molecular weight is 330 g/mol. The molecule has 1 saturated heterocycles. The number of carbonyl (C=O) groups is 1. The summed E-state index contributed by atoms with van der Waals surface area (Å²) in [5, 5.41) is 2.61. The summed E-state index contributed by atoms with van der Waals surface area (Å²) >= 11 is 0. The Bertz CT molecular complexity index is 730. The van der Waals surface area contributed by atoms with Crippen molar-refractivity contribution < 1.29 is 18.7 Å². The van der Waals surface area contributed by atoms with Gasteiger partial charge in [-0.1, -0.05) is 6.07 Å². The minimum atomic E-state index is -0.465. The quantitative estimate of drug-likeness (QED) is 0.826. The SMILES string of the molecule is Nc1ccc(F)cc1NC(=O)c1cccc(OCC2CCCO2)c1. The standard InChI is InChI=1S/C18H19FN2O3/c19-13-6-7-16(20)17(10-13)21-18(22)12-3-1-4-14(9-12)24-11-15-5-2-8-23-15/h1,3-4,6-7,9-10,15H,2,5,8,11,20H2,(H,21,22). The van der Waals surface area contributed by atoms with Gasteiger partial charge in [-0.2, -0.15) is 0 Å². The van der Waals surface area contributed by atoms with Crippen LogP contribution in [-0.4, -0.2) is 25.2 Å². The lowest BCUT2D eigenvalue weighted by Crippen LogP contribution is -2.17. The van der Waals surface area contributed by atoms with Gasteiger partial charge < -0.3 is 20.5 Å². The van der Waals surface area contributed by atoms with Gasteiger partial charge in [0.2, 0.25) is 0 Å². The smallest absolute Gasteiger partial charge is 0.255 e. The highest BCUT2D eigenvalue weighted by molar-refractivity contribution is 6.05. The summed E-state index contributed by atoms with van der Waals surface area (Å²) in [6.45, 7) is 1.23. The maximum absolute atomic E-state index is 13.3. The van der Waals surface area contributed by atoms with Crippen LogP contribution in [0.25, 0.3) is 0 Å². The van der Waals surface area contributed by atoms with Crippen molar-refractivity contribution in [3.8, 4) is 5.75 Å². The van der Waals surface area contributed by atoms with Crippen LogP contribution in [0.2, 0.25) is 0 Å². The first-order valence-corrected chi connectivity index (χ1v) is 7.82. The molecule has 1 amide bonds. The molecule has 1 atom stereocenters. The molecule has 1 unspecified atom stereocenters. The fraction of sp³-hybridized carbons (Fsp3) is 0.278. The Labute approximate surface area is 139 Å². The zero-order chi connectivity index (χ0) is 16.9. The predicted octanol–water partition coefficient (Wildman–Crippen LogP) is 3.22. The number of nitrogens with one attached hydrogen (secondary N) is 1. The fourth-order valence-electron chi connectivity index (χ4n) is 2.52. The van der Waals surface area contributed by atoms with Gasteiger partial charge in [-0.05, 0) is 49.2 Å². The lowest BCUT2D eigenvalue weighted by molar-refractivity contribution is 0.0679. The molecule has 0 spiro atoms. The van der Waals surface area contributed by atoms with Gasteiger partial charge in [-0.3, -0.25) is 4.79 Å². The number of carbonyl (C=O) groups excluding carboxylic acids is 1. The topological polar surface area (TPSA) is 73.6 Å². The van der Waals surface area contributed by atoms with Crippen LogP contribution >= 0.6 is 0 Å². The van der Waals surface area contributed by atoms with Crippen LogP contribution in [0.1, 0.15) is 23.2 Å². The number of nitrogen functional groups attached to an aromatic ring is 1. The first-order valence-electron chi connectivity index (χ1n) is 7.82. The van der Waals surface area contributed by atoms with E-state index < -0.39 is 5.82 Å². The molecule has 5 nitrogen and oxygen atoms in total. The van der Waals surface area contributed by atoms with E-state index in [0.717, 1.165) is 19.4 Å². The van der Waals surface area contributed by atoms with Crippen molar-refractivity contribution >= 4 is 17.3 Å². The monoisotopic (exact) mass is 330 g/mol. The van der Waals surface area contributed by atoms with E-state index >= 15 is 0 Å². The summed E-state index contributed by atoms with van der Waals surface area (Å²) in [6, 6.07) is 10.6. The van der Waals surface area contributed by atoms with E-state index in [4.69, 9.17) is 15.2 Å². The molecule has 126 valence electrons. The van der Waals surface area contributed by atoms with Crippen molar-refractivity contribution in [2.24, 2.45) is 0 Å². The van der Waals surface area contributed by atoms with Crippen LogP contribution < -0.4 is 15.8 Å². The molecule has 2 aromatic carbocycles. The number of ether oxygens (including phenoxy) is 2. The molecule has 0 radical (unpaired) electrons. The van der Waals surface area contributed by atoms with Gasteiger partial charge in [0.1, 0.15) is 18.2 Å². The summed E-state index contributed by atoms with van der Waals surface area (Å²) < 4.78 is 24.5. The minimum Gasteiger partial charge on any atom is -0.491 e. The largest absolute Gasteiger partial charge is 0.491 e. The number of benzene rings is 2. The van der Waals surface area contributed by atoms with Gasteiger partial charge in [0.05, 0.1) is 17.5 Å². The van der Waals surface area contributed by atoms with Gasteiger partial charge in [-0.25, -0.2) is 4.39 Å². The molecule has 1 fully saturated rings. The van der Waals surface area contributed by atoms with Gasteiger partial charge in [0, 0.05) is 12.2 Å². The van der Waals surface area contributed by atoms with Crippen molar-refractivity contribution in [2.75, 3.05) is 24.3 Å². The molecule has 1 aliphatic heterocycles. The van der Waals surface area contributed by atoms with Crippen molar-refractivity contribution in [2.45, 2.75) is 18.9 Å². The lowest BCUT2D eigenvalue weighted by atomic mass is 10.2. The number of rotatable bonds is 5. The van der Waals surface area contributed by atoms with Gasteiger partial charge in [-0.15, -0.1) is 0 Å². The third kappa shape index (κ3) is 4.02. The van der Waals surface area contributed by atoms with Crippen molar-refractivity contribution in [1.82, 2.24) is 0 Å². The van der Waals surface area contributed by atoms with Crippen LogP contribution in [-0.2, 0) is 4.74 Å². The summed E-state index contributed by atoms with van der Waals surface area (Å²) in [6.07, 6.45) is 2.14. The van der Waals surface area contributed by atoms with E-state index in [1.165, 1.54) is 18.2 Å². The third-order valence-corrected chi connectivity index (χ3v) is 3.82. The van der Waals surface area contributed by atoms with Gasteiger partial charge in [0.15, 0.2) is 0 Å². The van der Waals surface area contributed by atoms with Crippen molar-refractivity contribution in [3.63, 3.8) is 0 Å². The van der Waals surface area contributed by atoms with E-state index in [0.29, 0.717) is 23.6 Å². The molecule has 3 N–H and O–H groups in total. The maximum Gasteiger partial charge on any atom is 0.255 e. The Hall–Kier alpha value is -2.60. The lowest BCUT2D eigenvalue weighted by Gasteiger charge is -2.12. The zero-order valence-corrected chi connectivity index (χ0v) is 13.1. The number of anilines is 2. The van der Waals surface area contributed by atoms with Gasteiger partial charge >= 0.3 is 0 Å². The second-order valence-electron chi connectivity index (χ2n) is 5.66. The first-order chi connectivity index (χ1) is 11.6. The molecular weight excluding hydrogens is 311 g/mol. The first kappa shape index (κ1) is 16.3. The Morgan fingerprint density at radius 1 is 1.33 bits per heavy atom. The average Bonchev–Trinajstić information content (AvgIpc) is 3.10. The summed E-state index contributed by atoms with van der Waals surface area (Å²) in [5.41, 5.74) is 6.69. The van der Waals surface area contributed by atoms with Crippen LogP contribution in [0.3, 0.4) is 0 Å². The van der Waals surface area contributed by atoms with E-state index in [2.05, 4.69) is 5.32 Å². The molecule has 6 heteroatoms. The second kappa shape index (κ2) is 7.31. The summed E-state index contributed by atoms with van der Waals surface area (Å²) in [5.74, 6) is -0.256. The number of hydrogen-bond donors (Lipinski definition) is 2. The number of nitrogens with two attached hydrogens (primary N) is 1. The third-order valence-electron chi connectivity index (χ3n) is 3.82. The van der Waals surface area contributed by atoms with Crippen LogP contribution in [0.15, 0.2) is 42.5 Å². The fourth-order valence-corrected chi connectivity index (χ4v) is 2.52. The number of amides is 1. The normalized spacial score (nSPS) is 16.8. The highest BCUT2D eigenvalue weighted by Crippen LogP contribution is 2.22. The van der Waals surface area contributed by atoms with E-state index in [1.807, 2.05) is 0 Å². The molecule has 0 saturated carbocycles. The van der Waals surface area contributed by atoms with Crippen molar-refractivity contribution in [3.05, 3.63) is 53.8 Å². The summed E-state index contributed by atoms with van der Waals surface area (Å²) in [4.78, 5) is 12.3. The molecule has 0 aliphatic carbocycles. The zero-order valence-electron chi connectivity index (χ0n) is 13.1. The van der Waals surface area contributed by atoms with Crippen LogP contribution in [0.5, 0.6) is 5.75 Å². The molecule has 2 aromatic rings. The van der Waals surface area contributed by atoms with E-state index in [-0.39, 0.29) is 17.7 Å². The van der Waals surface area contributed by atoms with Crippen molar-refractivity contribution in [1.29, 1.82) is 0 Å². The maximum atomic E-state index is 13.3. The van der Waals surface area contributed by atoms with E-state index in [9.17, 15) is 9.18 Å². The van der Waals surface area contributed by atoms with Gasteiger partial charge in [0.25, 0.3) is 5.91 Å². The molecule has 24 heavy (non-hydrogen) atoms. The molecule has 0 bridgehead atoms. The molecule has 1 heterocycles. The molecule has 0 aromatic heterocycles. The number of halogens is 1. The Morgan fingerprint density at radius 2 is 2.21 bits per heavy atom. The highest BCUT2D eigenvalue weighted by Gasteiger charge is 2.16. The number of hydrogen-bond acceptors (Lipinski definition) is 4. The molecular formula is C18H19FN2O3. The Morgan fingerprint density at radius 3 is 3.00 bits per heavy atom. The van der Waals surface area contributed by atoms with E-state index in [1.54, 1.807) is 24.3 Å². The highest BCUT2D eigenvalue weighted by atomic mass is 19.1. The molecule has 3 rings (SSSR count). The van der Waals surface area contributed by atoms with Crippen LogP contribution in [0, 0.1) is 5.82 Å². The van der Waals surface area contributed by atoms with Crippen LogP contribution in [0.4, 0.5) is 15.8 Å². The second-order valence-corrected chi connectivity index (χ2v) is 5.66.